The van der Waals surface area contributed by atoms with Crippen molar-refractivity contribution < 1.29 is 9.47 Å². The molecule has 1 aromatic heterocycles. The van der Waals surface area contributed by atoms with Crippen molar-refractivity contribution in [3.8, 4) is 11.5 Å². The first-order chi connectivity index (χ1) is 9.94. The van der Waals surface area contributed by atoms with Crippen molar-refractivity contribution in [3.63, 3.8) is 0 Å². The van der Waals surface area contributed by atoms with E-state index in [1.165, 1.54) is 0 Å². The van der Waals surface area contributed by atoms with Gasteiger partial charge in [0.05, 0.1) is 18.7 Å². The summed E-state index contributed by atoms with van der Waals surface area (Å²) in [7, 11) is 1.63. The number of benzene rings is 1. The molecule has 21 heavy (non-hydrogen) atoms. The highest BCUT2D eigenvalue weighted by Gasteiger charge is 2.17. The Morgan fingerprint density at radius 1 is 1.29 bits per heavy atom. The van der Waals surface area contributed by atoms with Crippen LogP contribution in [0.2, 0.25) is 0 Å². The van der Waals surface area contributed by atoms with E-state index in [0.717, 1.165) is 27.8 Å². The van der Waals surface area contributed by atoms with Gasteiger partial charge < -0.3 is 9.47 Å². The van der Waals surface area contributed by atoms with Gasteiger partial charge >= 0.3 is 0 Å². The van der Waals surface area contributed by atoms with Crippen LogP contribution >= 0.6 is 22.9 Å². The van der Waals surface area contributed by atoms with Crippen LogP contribution in [0.25, 0.3) is 0 Å². The third kappa shape index (κ3) is 4.11. The summed E-state index contributed by atoms with van der Waals surface area (Å²) in [5.74, 6) is 1.91. The zero-order valence-corrected chi connectivity index (χ0v) is 14.3. The van der Waals surface area contributed by atoms with E-state index in [2.05, 4.69) is 31.1 Å². The molecular formula is C16H20ClNO2S. The number of thiazole rings is 1. The summed E-state index contributed by atoms with van der Waals surface area (Å²) in [6.45, 7) is 6.90. The minimum absolute atomic E-state index is 0.0615. The van der Waals surface area contributed by atoms with Crippen LogP contribution in [0.5, 0.6) is 11.5 Å². The number of alkyl halides is 1. The third-order valence-electron chi connectivity index (χ3n) is 3.09. The number of nitrogens with zero attached hydrogens (tertiary/aromatic N) is 1. The van der Waals surface area contributed by atoms with Crippen LogP contribution < -0.4 is 9.47 Å². The number of aromatic nitrogens is 1. The van der Waals surface area contributed by atoms with Gasteiger partial charge in [0.15, 0.2) is 0 Å². The van der Waals surface area contributed by atoms with Crippen molar-refractivity contribution in [1.82, 2.24) is 4.98 Å². The van der Waals surface area contributed by atoms with Gasteiger partial charge in [0.2, 0.25) is 0 Å². The van der Waals surface area contributed by atoms with Crippen molar-refractivity contribution in [2.45, 2.75) is 38.7 Å². The molecule has 0 radical (unpaired) electrons. The first-order valence-electron chi connectivity index (χ1n) is 6.74. The van der Waals surface area contributed by atoms with Gasteiger partial charge in [-0.1, -0.05) is 26.8 Å². The van der Waals surface area contributed by atoms with Crippen LogP contribution in [0, 0.1) is 0 Å². The van der Waals surface area contributed by atoms with E-state index in [-0.39, 0.29) is 5.41 Å². The minimum Gasteiger partial charge on any atom is -0.497 e. The Hall–Kier alpha value is -1.26. The number of halogens is 1. The van der Waals surface area contributed by atoms with Gasteiger partial charge in [0, 0.05) is 22.4 Å². The van der Waals surface area contributed by atoms with Crippen molar-refractivity contribution in [3.05, 3.63) is 39.8 Å². The van der Waals surface area contributed by atoms with E-state index in [9.17, 15) is 0 Å². The fourth-order valence-corrected chi connectivity index (χ4v) is 2.92. The van der Waals surface area contributed by atoms with Crippen LogP contribution in [0.4, 0.5) is 0 Å². The van der Waals surface area contributed by atoms with Crippen LogP contribution in [0.15, 0.2) is 23.6 Å². The predicted octanol–water partition coefficient (Wildman–Crippen LogP) is 4.77. The fourth-order valence-electron chi connectivity index (χ4n) is 1.77. The monoisotopic (exact) mass is 325 g/mol. The molecule has 0 fully saturated rings. The molecule has 2 aromatic rings. The summed E-state index contributed by atoms with van der Waals surface area (Å²) in [5, 5.41) is 3.05. The third-order valence-corrected chi connectivity index (χ3v) is 4.20. The second-order valence-corrected chi connectivity index (χ2v) is 6.98. The molecule has 0 saturated heterocycles. The second-order valence-electron chi connectivity index (χ2n) is 5.77. The largest absolute Gasteiger partial charge is 0.497 e. The topological polar surface area (TPSA) is 31.4 Å². The van der Waals surface area contributed by atoms with E-state index < -0.39 is 0 Å². The van der Waals surface area contributed by atoms with Crippen molar-refractivity contribution >= 4 is 22.9 Å². The number of rotatable bonds is 5. The SMILES string of the molecule is COc1ccc(CCl)c(OCc2nc(C(C)(C)C)cs2)c1. The quantitative estimate of drug-likeness (QED) is 0.742. The Kier molecular flexibility index (Phi) is 5.12. The van der Waals surface area contributed by atoms with Crippen LogP contribution in [-0.4, -0.2) is 12.1 Å². The molecule has 5 heteroatoms. The number of hydrogen-bond donors (Lipinski definition) is 0. The van der Waals surface area contributed by atoms with Gasteiger partial charge in [0.25, 0.3) is 0 Å². The Bertz CT molecular complexity index is 605. The molecule has 0 aliphatic heterocycles. The minimum atomic E-state index is 0.0615. The molecule has 0 saturated carbocycles. The zero-order chi connectivity index (χ0) is 15.5. The maximum absolute atomic E-state index is 5.94. The molecule has 2 rings (SSSR count). The van der Waals surface area contributed by atoms with E-state index in [4.69, 9.17) is 21.1 Å². The molecule has 0 bridgehead atoms. The maximum atomic E-state index is 5.94. The van der Waals surface area contributed by atoms with Gasteiger partial charge in [0.1, 0.15) is 23.1 Å². The molecule has 0 aliphatic rings. The molecule has 0 N–H and O–H groups in total. The van der Waals surface area contributed by atoms with Gasteiger partial charge in [-0.3, -0.25) is 0 Å². The summed E-state index contributed by atoms with van der Waals surface area (Å²) in [6, 6.07) is 5.66. The molecule has 0 atom stereocenters. The molecular weight excluding hydrogens is 306 g/mol. The molecule has 1 heterocycles. The van der Waals surface area contributed by atoms with Crippen LogP contribution in [-0.2, 0) is 17.9 Å². The smallest absolute Gasteiger partial charge is 0.140 e. The average Bonchev–Trinajstić information content (AvgIpc) is 2.93. The Labute approximate surface area is 134 Å². The van der Waals surface area contributed by atoms with E-state index in [0.29, 0.717) is 12.5 Å². The van der Waals surface area contributed by atoms with Crippen LogP contribution in [0.3, 0.4) is 0 Å². The van der Waals surface area contributed by atoms with E-state index in [1.54, 1.807) is 18.4 Å². The summed E-state index contributed by atoms with van der Waals surface area (Å²) >= 11 is 7.56. The van der Waals surface area contributed by atoms with Crippen molar-refractivity contribution in [2.75, 3.05) is 7.11 Å². The summed E-state index contributed by atoms with van der Waals surface area (Å²) in [4.78, 5) is 4.62. The molecule has 0 aliphatic carbocycles. The maximum Gasteiger partial charge on any atom is 0.140 e. The standard InChI is InChI=1S/C16H20ClNO2S/c1-16(2,3)14-10-21-15(18-14)9-20-13-7-12(19-4)6-5-11(13)8-17/h5-7,10H,8-9H2,1-4H3. The lowest BCUT2D eigenvalue weighted by Crippen LogP contribution is -2.11. The summed E-state index contributed by atoms with van der Waals surface area (Å²) in [6.07, 6.45) is 0. The summed E-state index contributed by atoms with van der Waals surface area (Å²) < 4.78 is 11.1. The van der Waals surface area contributed by atoms with Crippen molar-refractivity contribution in [1.29, 1.82) is 0 Å². The average molecular weight is 326 g/mol. The number of methoxy groups -OCH3 is 1. The Morgan fingerprint density at radius 3 is 2.62 bits per heavy atom. The molecule has 3 nitrogen and oxygen atoms in total. The highest BCUT2D eigenvalue weighted by atomic mass is 35.5. The van der Waals surface area contributed by atoms with Gasteiger partial charge in [-0.15, -0.1) is 22.9 Å². The first-order valence-corrected chi connectivity index (χ1v) is 8.16. The lowest BCUT2D eigenvalue weighted by Gasteiger charge is -2.14. The second kappa shape index (κ2) is 6.67. The molecule has 0 unspecified atom stereocenters. The lowest BCUT2D eigenvalue weighted by atomic mass is 9.93. The highest BCUT2D eigenvalue weighted by molar-refractivity contribution is 7.09. The lowest BCUT2D eigenvalue weighted by molar-refractivity contribution is 0.300. The molecule has 1 aromatic carbocycles. The van der Waals surface area contributed by atoms with Gasteiger partial charge in [-0.05, 0) is 6.07 Å². The number of ether oxygens (including phenoxy) is 2. The van der Waals surface area contributed by atoms with E-state index in [1.807, 2.05) is 18.2 Å². The molecule has 0 spiro atoms. The summed E-state index contributed by atoms with van der Waals surface area (Å²) in [5.41, 5.74) is 2.10. The highest BCUT2D eigenvalue weighted by Crippen LogP contribution is 2.28. The van der Waals surface area contributed by atoms with Crippen molar-refractivity contribution in [2.24, 2.45) is 0 Å². The molecule has 0 amide bonds. The Balaban J connectivity index is 2.10. The van der Waals surface area contributed by atoms with Crippen LogP contribution in [0.1, 0.15) is 37.0 Å². The molecule has 114 valence electrons. The normalized spacial score (nSPS) is 11.5. The van der Waals surface area contributed by atoms with Gasteiger partial charge in [-0.2, -0.15) is 0 Å². The first kappa shape index (κ1) is 16.1. The van der Waals surface area contributed by atoms with E-state index >= 15 is 0 Å². The fraction of sp³-hybridized carbons (Fsp3) is 0.438. The Morgan fingerprint density at radius 2 is 2.05 bits per heavy atom. The van der Waals surface area contributed by atoms with Gasteiger partial charge in [-0.25, -0.2) is 4.98 Å². The zero-order valence-electron chi connectivity index (χ0n) is 12.8. The predicted molar refractivity (Wildman–Crippen MR) is 87.7 cm³/mol. The number of hydrogen-bond acceptors (Lipinski definition) is 4.